The van der Waals surface area contributed by atoms with Crippen LogP contribution in [-0.2, 0) is 0 Å². The Balaban J connectivity index is 0.000000187. The summed E-state index contributed by atoms with van der Waals surface area (Å²) in [4.78, 5) is 13.9. The number of rotatable bonds is 2. The summed E-state index contributed by atoms with van der Waals surface area (Å²) >= 11 is 2.07. The van der Waals surface area contributed by atoms with Crippen LogP contribution in [0.25, 0.3) is 0 Å². The Labute approximate surface area is 103 Å². The Morgan fingerprint density at radius 1 is 1.07 bits per heavy atom. The van der Waals surface area contributed by atoms with Crippen LogP contribution in [0.4, 0.5) is 0 Å². The zero-order valence-electron chi connectivity index (χ0n) is 8.19. The molecule has 0 unspecified atom stereocenters. The SMILES string of the molecule is O=C(CI)c1ccccc1.c1cc[nH]c1. The standard InChI is InChI=1S/C8H7IO.C4H5N/c9-6-8(10)7-4-2-1-3-5-7;1-2-4-5-3-1/h1-5H,6H2;1-5H. The van der Waals surface area contributed by atoms with Crippen molar-refractivity contribution in [1.29, 1.82) is 0 Å². The van der Waals surface area contributed by atoms with Gasteiger partial charge in [0, 0.05) is 18.0 Å². The first kappa shape index (κ1) is 12.0. The molecule has 2 nitrogen and oxygen atoms in total. The van der Waals surface area contributed by atoms with E-state index in [1.54, 1.807) is 0 Å². The first-order valence-corrected chi connectivity index (χ1v) is 6.09. The molecule has 15 heavy (non-hydrogen) atoms. The summed E-state index contributed by atoms with van der Waals surface area (Å²) in [6.07, 6.45) is 3.75. The van der Waals surface area contributed by atoms with Crippen LogP contribution in [0.3, 0.4) is 0 Å². The van der Waals surface area contributed by atoms with Gasteiger partial charge in [-0.05, 0) is 12.1 Å². The van der Waals surface area contributed by atoms with Gasteiger partial charge in [-0.2, -0.15) is 0 Å². The van der Waals surface area contributed by atoms with Crippen LogP contribution < -0.4 is 0 Å². The van der Waals surface area contributed by atoms with E-state index in [9.17, 15) is 4.79 Å². The van der Waals surface area contributed by atoms with Crippen molar-refractivity contribution in [3.8, 4) is 0 Å². The fourth-order valence-electron chi connectivity index (χ4n) is 0.979. The van der Waals surface area contributed by atoms with Gasteiger partial charge in [-0.3, -0.25) is 4.79 Å². The highest BCUT2D eigenvalue weighted by atomic mass is 127. The van der Waals surface area contributed by atoms with Gasteiger partial charge in [0.05, 0.1) is 4.43 Å². The van der Waals surface area contributed by atoms with E-state index in [4.69, 9.17) is 0 Å². The van der Waals surface area contributed by atoms with Crippen molar-refractivity contribution in [3.05, 3.63) is 60.4 Å². The van der Waals surface area contributed by atoms with E-state index < -0.39 is 0 Å². The van der Waals surface area contributed by atoms with Crippen LogP contribution in [0.5, 0.6) is 0 Å². The van der Waals surface area contributed by atoms with E-state index in [0.29, 0.717) is 4.43 Å². The van der Waals surface area contributed by atoms with E-state index in [2.05, 4.69) is 27.6 Å². The summed E-state index contributed by atoms with van der Waals surface area (Å²) in [5.41, 5.74) is 0.803. The lowest BCUT2D eigenvalue weighted by atomic mass is 10.2. The fourth-order valence-corrected chi connectivity index (χ4v) is 1.42. The summed E-state index contributed by atoms with van der Waals surface area (Å²) < 4.78 is 0.557. The lowest BCUT2D eigenvalue weighted by Crippen LogP contribution is -1.97. The van der Waals surface area contributed by atoms with Gasteiger partial charge in [0.2, 0.25) is 0 Å². The first-order chi connectivity index (χ1) is 7.34. The zero-order valence-corrected chi connectivity index (χ0v) is 10.3. The van der Waals surface area contributed by atoms with Crippen LogP contribution in [-0.4, -0.2) is 15.2 Å². The van der Waals surface area contributed by atoms with Crippen molar-refractivity contribution in [3.63, 3.8) is 0 Å². The molecule has 0 saturated carbocycles. The van der Waals surface area contributed by atoms with Crippen molar-refractivity contribution in [2.75, 3.05) is 4.43 Å². The average Bonchev–Trinajstić information content (AvgIpc) is 2.88. The molecule has 0 aliphatic carbocycles. The molecule has 1 N–H and O–H groups in total. The maximum Gasteiger partial charge on any atom is 0.172 e. The average molecular weight is 313 g/mol. The summed E-state index contributed by atoms with van der Waals surface area (Å²) in [6, 6.07) is 13.2. The number of halogens is 1. The molecule has 0 amide bonds. The maximum atomic E-state index is 11.0. The van der Waals surface area contributed by atoms with Gasteiger partial charge in [0.1, 0.15) is 0 Å². The van der Waals surface area contributed by atoms with Crippen molar-refractivity contribution < 1.29 is 4.79 Å². The predicted molar refractivity (Wildman–Crippen MR) is 70.5 cm³/mol. The monoisotopic (exact) mass is 313 g/mol. The molecular formula is C12H12INO. The maximum absolute atomic E-state index is 11.0. The van der Waals surface area contributed by atoms with Gasteiger partial charge in [-0.1, -0.05) is 52.9 Å². The number of hydrogen-bond acceptors (Lipinski definition) is 1. The summed E-state index contributed by atoms with van der Waals surface area (Å²) in [5, 5.41) is 0. The van der Waals surface area contributed by atoms with Crippen molar-refractivity contribution in [2.24, 2.45) is 0 Å². The van der Waals surface area contributed by atoms with Crippen LogP contribution in [0.1, 0.15) is 10.4 Å². The topological polar surface area (TPSA) is 32.9 Å². The molecular weight excluding hydrogens is 301 g/mol. The summed E-state index contributed by atoms with van der Waals surface area (Å²) in [6.45, 7) is 0. The van der Waals surface area contributed by atoms with E-state index in [1.807, 2.05) is 54.9 Å². The number of carbonyl (C=O) groups excluding carboxylic acids is 1. The van der Waals surface area contributed by atoms with E-state index in [0.717, 1.165) is 5.56 Å². The molecule has 1 aromatic heterocycles. The van der Waals surface area contributed by atoms with Crippen molar-refractivity contribution in [2.45, 2.75) is 0 Å². The van der Waals surface area contributed by atoms with Crippen LogP contribution in [0, 0.1) is 0 Å². The minimum absolute atomic E-state index is 0.196. The molecule has 1 heterocycles. The third kappa shape index (κ3) is 4.78. The molecule has 0 fully saturated rings. The minimum atomic E-state index is 0.196. The van der Waals surface area contributed by atoms with Gasteiger partial charge in [-0.15, -0.1) is 0 Å². The smallest absolute Gasteiger partial charge is 0.172 e. The molecule has 0 bridgehead atoms. The predicted octanol–water partition coefficient (Wildman–Crippen LogP) is 3.32. The molecule has 0 atom stereocenters. The number of alkyl halides is 1. The Morgan fingerprint density at radius 2 is 1.67 bits per heavy atom. The molecule has 0 aliphatic heterocycles. The number of ketones is 1. The van der Waals surface area contributed by atoms with Crippen LogP contribution >= 0.6 is 22.6 Å². The zero-order chi connectivity index (χ0) is 10.9. The van der Waals surface area contributed by atoms with Gasteiger partial charge >= 0.3 is 0 Å². The third-order valence-electron chi connectivity index (χ3n) is 1.71. The highest BCUT2D eigenvalue weighted by Crippen LogP contribution is 2.01. The molecule has 0 saturated heterocycles. The Morgan fingerprint density at radius 3 is 2.07 bits per heavy atom. The summed E-state index contributed by atoms with van der Waals surface area (Å²) in [5.74, 6) is 0.196. The minimum Gasteiger partial charge on any atom is -0.368 e. The number of nitrogens with one attached hydrogen (secondary N) is 1. The summed E-state index contributed by atoms with van der Waals surface area (Å²) in [7, 11) is 0. The van der Waals surface area contributed by atoms with E-state index in [-0.39, 0.29) is 5.78 Å². The van der Waals surface area contributed by atoms with Gasteiger partial charge < -0.3 is 4.98 Å². The van der Waals surface area contributed by atoms with E-state index in [1.165, 1.54) is 0 Å². The quantitative estimate of drug-likeness (QED) is 0.515. The van der Waals surface area contributed by atoms with Crippen molar-refractivity contribution >= 4 is 28.4 Å². The van der Waals surface area contributed by atoms with Gasteiger partial charge in [0.15, 0.2) is 5.78 Å². The number of aromatic amines is 1. The molecule has 78 valence electrons. The van der Waals surface area contributed by atoms with Gasteiger partial charge in [0.25, 0.3) is 0 Å². The van der Waals surface area contributed by atoms with E-state index >= 15 is 0 Å². The molecule has 0 aliphatic rings. The highest BCUT2D eigenvalue weighted by molar-refractivity contribution is 14.1. The number of H-pyrrole nitrogens is 1. The van der Waals surface area contributed by atoms with Crippen LogP contribution in [0.15, 0.2) is 54.9 Å². The first-order valence-electron chi connectivity index (χ1n) is 4.56. The van der Waals surface area contributed by atoms with Gasteiger partial charge in [-0.25, -0.2) is 0 Å². The Bertz CT molecular complexity index is 353. The largest absolute Gasteiger partial charge is 0.368 e. The lowest BCUT2D eigenvalue weighted by Gasteiger charge is -1.92. The number of hydrogen-bond donors (Lipinski definition) is 1. The van der Waals surface area contributed by atoms with Crippen molar-refractivity contribution in [1.82, 2.24) is 4.98 Å². The fraction of sp³-hybridized carbons (Fsp3) is 0.0833. The number of aromatic nitrogens is 1. The lowest BCUT2D eigenvalue weighted by molar-refractivity contribution is 0.102. The molecule has 1 aromatic carbocycles. The second-order valence-electron chi connectivity index (χ2n) is 2.81. The number of carbonyl (C=O) groups is 1. The highest BCUT2D eigenvalue weighted by Gasteiger charge is 1.99. The third-order valence-corrected chi connectivity index (χ3v) is 2.41. The van der Waals surface area contributed by atoms with Crippen LogP contribution in [0.2, 0.25) is 0 Å². The molecule has 3 heteroatoms. The Hall–Kier alpha value is -1.10. The second-order valence-corrected chi connectivity index (χ2v) is 3.57. The number of benzene rings is 1. The normalized spacial score (nSPS) is 8.87. The molecule has 2 aromatic rings. The molecule has 2 rings (SSSR count). The Kier molecular flexibility index (Phi) is 5.77. The molecule has 0 spiro atoms. The second kappa shape index (κ2) is 7.23. The molecule has 0 radical (unpaired) electrons. The number of Topliss-reactive ketones (excluding diaryl/α,β-unsaturated/α-hetero) is 1.